The van der Waals surface area contributed by atoms with Crippen molar-refractivity contribution in [1.82, 2.24) is 10.2 Å². The summed E-state index contributed by atoms with van der Waals surface area (Å²) in [6, 6.07) is 2.09. The van der Waals surface area contributed by atoms with Crippen LogP contribution in [0.1, 0.15) is 52.9 Å². The lowest BCUT2D eigenvalue weighted by Crippen LogP contribution is -2.56. The molecule has 2 rings (SSSR count). The molecule has 1 aliphatic carbocycles. The van der Waals surface area contributed by atoms with Crippen molar-refractivity contribution in [3.63, 3.8) is 0 Å². The van der Waals surface area contributed by atoms with Crippen molar-refractivity contribution < 1.29 is 4.74 Å². The van der Waals surface area contributed by atoms with E-state index in [1.54, 1.807) is 0 Å². The number of ether oxygens (including phenoxy) is 1. The third-order valence-electron chi connectivity index (χ3n) is 4.39. The molecule has 0 amide bonds. The van der Waals surface area contributed by atoms with Crippen LogP contribution in [0.25, 0.3) is 0 Å². The topological polar surface area (TPSA) is 24.5 Å². The number of nitrogens with zero attached hydrogens (tertiary/aromatic N) is 1. The SMILES string of the molecule is CCCNC1CCOCC1N(CCC(C)C)C1CC1. The van der Waals surface area contributed by atoms with Crippen LogP contribution in [0.2, 0.25) is 0 Å². The molecule has 1 saturated carbocycles. The van der Waals surface area contributed by atoms with Crippen molar-refractivity contribution in [3.05, 3.63) is 0 Å². The van der Waals surface area contributed by atoms with E-state index < -0.39 is 0 Å². The van der Waals surface area contributed by atoms with Crippen molar-refractivity contribution in [2.24, 2.45) is 5.92 Å². The monoisotopic (exact) mass is 268 g/mol. The van der Waals surface area contributed by atoms with Gasteiger partial charge in [0.1, 0.15) is 0 Å². The summed E-state index contributed by atoms with van der Waals surface area (Å²) in [6.45, 7) is 11.2. The molecule has 1 aliphatic heterocycles. The summed E-state index contributed by atoms with van der Waals surface area (Å²) in [4.78, 5) is 2.76. The summed E-state index contributed by atoms with van der Waals surface area (Å²) in [6.07, 6.45) is 6.51. The van der Waals surface area contributed by atoms with Crippen LogP contribution in [0.3, 0.4) is 0 Å². The highest BCUT2D eigenvalue weighted by Crippen LogP contribution is 2.31. The maximum absolute atomic E-state index is 5.78. The minimum atomic E-state index is 0.603. The van der Waals surface area contributed by atoms with Crippen molar-refractivity contribution in [2.45, 2.75) is 71.0 Å². The largest absolute Gasteiger partial charge is 0.380 e. The first-order valence-electron chi connectivity index (χ1n) is 8.29. The number of hydrogen-bond acceptors (Lipinski definition) is 3. The van der Waals surface area contributed by atoms with E-state index in [1.807, 2.05) is 0 Å². The summed E-state index contributed by atoms with van der Waals surface area (Å²) in [5.41, 5.74) is 0. The molecule has 2 unspecified atom stereocenters. The van der Waals surface area contributed by atoms with Crippen LogP contribution in [0.15, 0.2) is 0 Å². The Balaban J connectivity index is 1.91. The van der Waals surface area contributed by atoms with Crippen LogP contribution < -0.4 is 5.32 Å². The molecule has 0 aromatic heterocycles. The normalized spacial score (nSPS) is 28.3. The van der Waals surface area contributed by atoms with Gasteiger partial charge in [-0.3, -0.25) is 4.90 Å². The Bertz CT molecular complexity index is 253. The summed E-state index contributed by atoms with van der Waals surface area (Å²) < 4.78 is 5.78. The Morgan fingerprint density at radius 2 is 2.05 bits per heavy atom. The van der Waals surface area contributed by atoms with E-state index in [0.717, 1.165) is 31.7 Å². The molecule has 112 valence electrons. The van der Waals surface area contributed by atoms with Gasteiger partial charge < -0.3 is 10.1 Å². The van der Waals surface area contributed by atoms with E-state index in [1.165, 1.54) is 38.6 Å². The van der Waals surface area contributed by atoms with Crippen molar-refractivity contribution in [2.75, 3.05) is 26.3 Å². The van der Waals surface area contributed by atoms with Gasteiger partial charge in [0.05, 0.1) is 6.61 Å². The minimum absolute atomic E-state index is 0.603. The number of nitrogens with one attached hydrogen (secondary N) is 1. The lowest BCUT2D eigenvalue weighted by atomic mass is 10.00. The fraction of sp³-hybridized carbons (Fsp3) is 1.00. The predicted molar refractivity (Wildman–Crippen MR) is 80.5 cm³/mol. The highest BCUT2D eigenvalue weighted by molar-refractivity contribution is 4.95. The average Bonchev–Trinajstić information content (AvgIpc) is 3.22. The van der Waals surface area contributed by atoms with Gasteiger partial charge in [-0.25, -0.2) is 0 Å². The molecule has 2 fully saturated rings. The second-order valence-electron chi connectivity index (χ2n) is 6.64. The van der Waals surface area contributed by atoms with Crippen LogP contribution in [0.5, 0.6) is 0 Å². The molecule has 1 N–H and O–H groups in total. The first-order valence-corrected chi connectivity index (χ1v) is 8.29. The van der Waals surface area contributed by atoms with E-state index in [9.17, 15) is 0 Å². The molecule has 0 radical (unpaired) electrons. The lowest BCUT2D eigenvalue weighted by molar-refractivity contribution is -0.00797. The summed E-state index contributed by atoms with van der Waals surface area (Å²) in [5, 5.41) is 3.75. The summed E-state index contributed by atoms with van der Waals surface area (Å²) in [5.74, 6) is 0.799. The predicted octanol–water partition coefficient (Wildman–Crippen LogP) is 2.65. The molecule has 3 heteroatoms. The van der Waals surface area contributed by atoms with Crippen LogP contribution in [-0.4, -0.2) is 49.3 Å². The van der Waals surface area contributed by atoms with Gasteiger partial charge in [-0.15, -0.1) is 0 Å². The van der Waals surface area contributed by atoms with E-state index >= 15 is 0 Å². The van der Waals surface area contributed by atoms with Crippen molar-refractivity contribution in [3.8, 4) is 0 Å². The molecule has 1 heterocycles. The van der Waals surface area contributed by atoms with Crippen molar-refractivity contribution in [1.29, 1.82) is 0 Å². The van der Waals surface area contributed by atoms with E-state index in [-0.39, 0.29) is 0 Å². The zero-order valence-corrected chi connectivity index (χ0v) is 13.0. The fourth-order valence-electron chi connectivity index (χ4n) is 3.05. The third-order valence-corrected chi connectivity index (χ3v) is 4.39. The number of rotatable bonds is 8. The zero-order valence-electron chi connectivity index (χ0n) is 13.0. The molecule has 2 aliphatic rings. The van der Waals surface area contributed by atoms with Gasteiger partial charge in [0.15, 0.2) is 0 Å². The Morgan fingerprint density at radius 1 is 1.26 bits per heavy atom. The molecule has 0 aromatic rings. The van der Waals surface area contributed by atoms with Gasteiger partial charge in [0.25, 0.3) is 0 Å². The van der Waals surface area contributed by atoms with Crippen LogP contribution in [0.4, 0.5) is 0 Å². The number of hydrogen-bond donors (Lipinski definition) is 1. The molecule has 0 aromatic carbocycles. The second kappa shape index (κ2) is 7.61. The molecule has 3 nitrogen and oxygen atoms in total. The second-order valence-corrected chi connectivity index (χ2v) is 6.64. The zero-order chi connectivity index (χ0) is 13.7. The Kier molecular flexibility index (Phi) is 6.11. The Morgan fingerprint density at radius 3 is 2.68 bits per heavy atom. The van der Waals surface area contributed by atoms with Gasteiger partial charge in [0.2, 0.25) is 0 Å². The Hall–Kier alpha value is -0.120. The molecule has 0 bridgehead atoms. The molecule has 1 saturated heterocycles. The van der Waals surface area contributed by atoms with Gasteiger partial charge in [0, 0.05) is 24.7 Å². The minimum Gasteiger partial charge on any atom is -0.380 e. The van der Waals surface area contributed by atoms with Gasteiger partial charge >= 0.3 is 0 Å². The maximum atomic E-state index is 5.78. The first kappa shape index (κ1) is 15.3. The lowest BCUT2D eigenvalue weighted by Gasteiger charge is -2.41. The van der Waals surface area contributed by atoms with E-state index in [2.05, 4.69) is 31.0 Å². The maximum Gasteiger partial charge on any atom is 0.0637 e. The average molecular weight is 268 g/mol. The molecule has 2 atom stereocenters. The third kappa shape index (κ3) is 4.73. The van der Waals surface area contributed by atoms with Crippen LogP contribution >= 0.6 is 0 Å². The standard InChI is InChI=1S/C16H32N2O/c1-4-9-17-15-8-11-19-12-16(15)18(14-5-6-14)10-7-13(2)3/h13-17H,4-12H2,1-3H3. The first-order chi connectivity index (χ1) is 9.22. The Labute approximate surface area is 119 Å². The van der Waals surface area contributed by atoms with Gasteiger partial charge in [-0.05, 0) is 51.1 Å². The van der Waals surface area contributed by atoms with Crippen molar-refractivity contribution >= 4 is 0 Å². The quantitative estimate of drug-likeness (QED) is 0.732. The van der Waals surface area contributed by atoms with Crippen LogP contribution in [0, 0.1) is 5.92 Å². The highest BCUT2D eigenvalue weighted by Gasteiger charge is 2.38. The molecular formula is C16H32N2O. The molecule has 0 spiro atoms. The fourth-order valence-corrected chi connectivity index (χ4v) is 3.05. The highest BCUT2D eigenvalue weighted by atomic mass is 16.5. The van der Waals surface area contributed by atoms with Crippen LogP contribution in [-0.2, 0) is 4.74 Å². The summed E-state index contributed by atoms with van der Waals surface area (Å²) >= 11 is 0. The van der Waals surface area contributed by atoms with Gasteiger partial charge in [-0.1, -0.05) is 20.8 Å². The van der Waals surface area contributed by atoms with E-state index in [0.29, 0.717) is 12.1 Å². The van der Waals surface area contributed by atoms with E-state index in [4.69, 9.17) is 4.74 Å². The smallest absolute Gasteiger partial charge is 0.0637 e. The summed E-state index contributed by atoms with van der Waals surface area (Å²) in [7, 11) is 0. The van der Waals surface area contributed by atoms with Gasteiger partial charge in [-0.2, -0.15) is 0 Å². The molecule has 19 heavy (non-hydrogen) atoms. The molecular weight excluding hydrogens is 236 g/mol.